The van der Waals surface area contributed by atoms with E-state index in [1.165, 1.54) is 6.26 Å². The first kappa shape index (κ1) is 20.6. The zero-order valence-corrected chi connectivity index (χ0v) is 17.5. The summed E-state index contributed by atoms with van der Waals surface area (Å²) in [6, 6.07) is 19.7. The molecule has 0 bridgehead atoms. The maximum Gasteiger partial charge on any atom is 0.339 e. The SMILES string of the molecule is O=C(COC(=O)c1cc(-c2ccco2)nc2ccccc12)NCC1COc2ccccc2O1. The number of carbonyl (C=O) groups is 2. The third kappa shape index (κ3) is 4.50. The van der Waals surface area contributed by atoms with E-state index in [2.05, 4.69) is 10.3 Å². The number of carbonyl (C=O) groups excluding carboxylic acids is 2. The minimum absolute atomic E-state index is 0.228. The van der Waals surface area contributed by atoms with Gasteiger partial charge in [0.05, 0.1) is 23.9 Å². The van der Waals surface area contributed by atoms with Gasteiger partial charge in [0.1, 0.15) is 18.4 Å². The zero-order chi connectivity index (χ0) is 22.6. The summed E-state index contributed by atoms with van der Waals surface area (Å²) in [7, 11) is 0. The number of aromatic nitrogens is 1. The van der Waals surface area contributed by atoms with Crippen molar-refractivity contribution < 1.29 is 28.2 Å². The summed E-state index contributed by atoms with van der Waals surface area (Å²) in [4.78, 5) is 29.6. The molecule has 0 aliphatic carbocycles. The number of nitrogens with one attached hydrogen (secondary N) is 1. The van der Waals surface area contributed by atoms with Crippen molar-refractivity contribution in [2.45, 2.75) is 6.10 Å². The number of benzene rings is 2. The molecule has 2 aromatic carbocycles. The average Bonchev–Trinajstić information content (AvgIpc) is 3.40. The van der Waals surface area contributed by atoms with Crippen molar-refractivity contribution in [2.75, 3.05) is 19.8 Å². The normalized spacial score (nSPS) is 14.6. The number of nitrogens with zero attached hydrogens (tertiary/aromatic N) is 1. The Bertz CT molecular complexity index is 1300. The van der Waals surface area contributed by atoms with Gasteiger partial charge in [0, 0.05) is 5.39 Å². The van der Waals surface area contributed by atoms with Gasteiger partial charge in [0.2, 0.25) is 0 Å². The van der Waals surface area contributed by atoms with Crippen LogP contribution in [0.5, 0.6) is 11.5 Å². The van der Waals surface area contributed by atoms with E-state index in [0.717, 1.165) is 0 Å². The number of pyridine rings is 1. The summed E-state index contributed by atoms with van der Waals surface area (Å²) in [6.07, 6.45) is 1.20. The first-order chi connectivity index (χ1) is 16.2. The predicted octanol–water partition coefficient (Wildman–Crippen LogP) is 3.61. The Morgan fingerprint density at radius 3 is 2.70 bits per heavy atom. The maximum atomic E-state index is 12.8. The lowest BCUT2D eigenvalue weighted by molar-refractivity contribution is -0.124. The van der Waals surface area contributed by atoms with E-state index < -0.39 is 18.5 Å². The molecule has 5 rings (SSSR count). The number of rotatable bonds is 6. The zero-order valence-electron chi connectivity index (χ0n) is 17.5. The number of hydrogen-bond donors (Lipinski definition) is 1. The number of furan rings is 1. The topological polar surface area (TPSA) is 99.9 Å². The van der Waals surface area contributed by atoms with Crippen molar-refractivity contribution in [3.8, 4) is 23.0 Å². The van der Waals surface area contributed by atoms with Crippen LogP contribution < -0.4 is 14.8 Å². The molecule has 8 heteroatoms. The average molecular weight is 444 g/mol. The van der Waals surface area contributed by atoms with E-state index in [1.54, 1.807) is 36.4 Å². The molecule has 0 fully saturated rings. The number of ether oxygens (including phenoxy) is 3. The van der Waals surface area contributed by atoms with Crippen molar-refractivity contribution in [1.29, 1.82) is 0 Å². The highest BCUT2D eigenvalue weighted by atomic mass is 16.6. The van der Waals surface area contributed by atoms with Crippen LogP contribution in [0.25, 0.3) is 22.4 Å². The highest BCUT2D eigenvalue weighted by Gasteiger charge is 2.22. The minimum atomic E-state index is -0.622. The Morgan fingerprint density at radius 1 is 1.03 bits per heavy atom. The molecule has 3 heterocycles. The summed E-state index contributed by atoms with van der Waals surface area (Å²) in [5.41, 5.74) is 1.43. The molecule has 0 saturated carbocycles. The van der Waals surface area contributed by atoms with Gasteiger partial charge in [0.25, 0.3) is 5.91 Å². The Hall–Kier alpha value is -4.33. The monoisotopic (exact) mass is 444 g/mol. The van der Waals surface area contributed by atoms with Gasteiger partial charge in [-0.3, -0.25) is 4.79 Å². The second kappa shape index (κ2) is 9.04. The quantitative estimate of drug-likeness (QED) is 0.454. The van der Waals surface area contributed by atoms with Crippen LogP contribution in [0.4, 0.5) is 0 Å². The molecule has 0 radical (unpaired) electrons. The van der Waals surface area contributed by atoms with Crippen LogP contribution in [0, 0.1) is 0 Å². The Morgan fingerprint density at radius 2 is 1.85 bits per heavy atom. The molecule has 33 heavy (non-hydrogen) atoms. The Balaban J connectivity index is 1.22. The van der Waals surface area contributed by atoms with E-state index in [4.69, 9.17) is 18.6 Å². The molecule has 2 aromatic heterocycles. The van der Waals surface area contributed by atoms with Crippen LogP contribution in [-0.4, -0.2) is 42.7 Å². The fourth-order valence-corrected chi connectivity index (χ4v) is 3.55. The van der Waals surface area contributed by atoms with E-state index in [9.17, 15) is 9.59 Å². The first-order valence-corrected chi connectivity index (χ1v) is 10.4. The van der Waals surface area contributed by atoms with Crippen molar-refractivity contribution in [1.82, 2.24) is 10.3 Å². The molecular formula is C25H20N2O6. The van der Waals surface area contributed by atoms with Crippen molar-refractivity contribution in [3.63, 3.8) is 0 Å². The minimum Gasteiger partial charge on any atom is -0.486 e. The highest BCUT2D eigenvalue weighted by molar-refractivity contribution is 6.05. The number of fused-ring (bicyclic) bond motifs is 2. The lowest BCUT2D eigenvalue weighted by Gasteiger charge is -2.26. The van der Waals surface area contributed by atoms with Crippen molar-refractivity contribution in [2.24, 2.45) is 0 Å². The van der Waals surface area contributed by atoms with Crippen LogP contribution in [0.2, 0.25) is 0 Å². The van der Waals surface area contributed by atoms with Crippen LogP contribution in [0.3, 0.4) is 0 Å². The lowest BCUT2D eigenvalue weighted by atomic mass is 10.1. The first-order valence-electron chi connectivity index (χ1n) is 10.4. The van der Waals surface area contributed by atoms with Crippen molar-refractivity contribution in [3.05, 3.63) is 78.6 Å². The van der Waals surface area contributed by atoms with Gasteiger partial charge < -0.3 is 23.9 Å². The van der Waals surface area contributed by atoms with E-state index in [-0.39, 0.29) is 12.6 Å². The number of para-hydroxylation sites is 3. The smallest absolute Gasteiger partial charge is 0.339 e. The number of hydrogen-bond acceptors (Lipinski definition) is 7. The summed E-state index contributed by atoms with van der Waals surface area (Å²) in [5.74, 6) is 0.779. The molecule has 1 aliphatic rings. The molecule has 166 valence electrons. The summed E-state index contributed by atoms with van der Waals surface area (Å²) in [6.45, 7) is 0.122. The molecule has 1 N–H and O–H groups in total. The Labute approximate surface area is 189 Å². The standard InChI is InChI=1S/C25H20N2O6/c28-24(26-13-16-14-31-22-8-3-4-9-23(22)33-16)15-32-25(29)18-12-20(21-10-5-11-30-21)27-19-7-2-1-6-17(18)19/h1-12,16H,13-15H2,(H,26,28). The molecule has 8 nitrogen and oxygen atoms in total. The Kier molecular flexibility index (Phi) is 5.63. The third-order valence-electron chi connectivity index (χ3n) is 5.14. The summed E-state index contributed by atoms with van der Waals surface area (Å²) >= 11 is 0. The summed E-state index contributed by atoms with van der Waals surface area (Å²) in [5, 5.41) is 3.34. The second-order valence-electron chi connectivity index (χ2n) is 7.43. The van der Waals surface area contributed by atoms with Gasteiger partial charge in [-0.2, -0.15) is 0 Å². The highest BCUT2D eigenvalue weighted by Crippen LogP contribution is 2.30. The van der Waals surface area contributed by atoms with Crippen LogP contribution >= 0.6 is 0 Å². The lowest BCUT2D eigenvalue weighted by Crippen LogP contribution is -2.42. The van der Waals surface area contributed by atoms with Crippen LogP contribution in [0.15, 0.2) is 77.4 Å². The number of esters is 1. The van der Waals surface area contributed by atoms with Gasteiger partial charge in [-0.1, -0.05) is 30.3 Å². The largest absolute Gasteiger partial charge is 0.486 e. The fourth-order valence-electron chi connectivity index (χ4n) is 3.55. The predicted molar refractivity (Wildman–Crippen MR) is 119 cm³/mol. The van der Waals surface area contributed by atoms with Gasteiger partial charge in [0.15, 0.2) is 23.9 Å². The van der Waals surface area contributed by atoms with E-state index in [0.29, 0.717) is 46.0 Å². The van der Waals surface area contributed by atoms with Gasteiger partial charge in [-0.15, -0.1) is 0 Å². The molecule has 1 unspecified atom stereocenters. The van der Waals surface area contributed by atoms with E-state index >= 15 is 0 Å². The molecule has 0 spiro atoms. The van der Waals surface area contributed by atoms with Crippen molar-refractivity contribution >= 4 is 22.8 Å². The summed E-state index contributed by atoms with van der Waals surface area (Å²) < 4.78 is 22.1. The molecule has 4 aromatic rings. The van der Waals surface area contributed by atoms with Crippen LogP contribution in [0.1, 0.15) is 10.4 Å². The number of amides is 1. The third-order valence-corrected chi connectivity index (χ3v) is 5.14. The molecule has 1 atom stereocenters. The van der Waals surface area contributed by atoms with Gasteiger partial charge >= 0.3 is 5.97 Å². The van der Waals surface area contributed by atoms with Gasteiger partial charge in [-0.05, 0) is 36.4 Å². The molecule has 1 amide bonds. The second-order valence-corrected chi connectivity index (χ2v) is 7.43. The molecular weight excluding hydrogens is 424 g/mol. The molecule has 0 saturated heterocycles. The van der Waals surface area contributed by atoms with Gasteiger partial charge in [-0.25, -0.2) is 9.78 Å². The fraction of sp³-hybridized carbons (Fsp3) is 0.160. The molecule has 1 aliphatic heterocycles. The van der Waals surface area contributed by atoms with Crippen LogP contribution in [-0.2, 0) is 9.53 Å². The maximum absolute atomic E-state index is 12.8. The van der Waals surface area contributed by atoms with E-state index in [1.807, 2.05) is 30.3 Å².